The average Bonchev–Trinajstić information content (AvgIpc) is 3.19. The summed E-state index contributed by atoms with van der Waals surface area (Å²) in [5, 5.41) is 0.430. The predicted molar refractivity (Wildman–Crippen MR) is 110 cm³/mol. The van der Waals surface area contributed by atoms with E-state index in [4.69, 9.17) is 14.2 Å². The minimum Gasteiger partial charge on any atom is -0.454 e. The summed E-state index contributed by atoms with van der Waals surface area (Å²) in [6, 6.07) is 12.2. The fraction of sp³-hybridized carbons (Fsp3) is 0.273. The molecule has 9 heteroatoms. The second kappa shape index (κ2) is 8.66. The average molecular weight is 448 g/mol. The van der Waals surface area contributed by atoms with Gasteiger partial charge in [-0.15, -0.1) is 0 Å². The maximum absolute atomic E-state index is 13.0. The van der Waals surface area contributed by atoms with E-state index in [-0.39, 0.29) is 12.7 Å². The fourth-order valence-corrected chi connectivity index (χ4v) is 3.68. The van der Waals surface area contributed by atoms with Crippen LogP contribution < -0.4 is 14.2 Å². The van der Waals surface area contributed by atoms with E-state index < -0.39 is 11.7 Å². The third-order valence-electron chi connectivity index (χ3n) is 4.48. The zero-order valence-electron chi connectivity index (χ0n) is 16.8. The van der Waals surface area contributed by atoms with E-state index in [1.807, 2.05) is 13.8 Å². The van der Waals surface area contributed by atoms with E-state index >= 15 is 0 Å². The smallest absolute Gasteiger partial charge is 0.416 e. The van der Waals surface area contributed by atoms with Gasteiger partial charge >= 0.3 is 6.18 Å². The molecule has 1 aliphatic heterocycles. The minimum absolute atomic E-state index is 0.120. The molecule has 0 spiro atoms. The zero-order valence-corrected chi connectivity index (χ0v) is 17.6. The lowest BCUT2D eigenvalue weighted by Crippen LogP contribution is -2.05. The van der Waals surface area contributed by atoms with Crippen LogP contribution in [0.2, 0.25) is 0 Å². The molecule has 0 radical (unpaired) electrons. The molecule has 0 bridgehead atoms. The highest BCUT2D eigenvalue weighted by Gasteiger charge is 2.30. The first kappa shape index (κ1) is 21.3. The van der Waals surface area contributed by atoms with Crippen LogP contribution >= 0.6 is 11.8 Å². The maximum Gasteiger partial charge on any atom is 0.416 e. The van der Waals surface area contributed by atoms with E-state index in [0.29, 0.717) is 39.6 Å². The van der Waals surface area contributed by atoms with Crippen LogP contribution in [0.15, 0.2) is 53.7 Å². The SMILES string of the molecule is CC(C)c1cc(Oc2ccc3c(c2)OCO3)nc(SCc2cccc(C(F)(F)F)c2)n1. The molecule has 162 valence electrons. The van der Waals surface area contributed by atoms with Crippen molar-refractivity contribution in [1.82, 2.24) is 9.97 Å². The van der Waals surface area contributed by atoms with Crippen molar-refractivity contribution in [3.63, 3.8) is 0 Å². The standard InChI is InChI=1S/C22H19F3N2O3S/c1-13(2)17-10-20(30-16-6-7-18-19(9-16)29-12-28-18)27-21(26-17)31-11-14-4-3-5-15(8-14)22(23,24)25/h3-10,13H,11-12H2,1-2H3. The monoisotopic (exact) mass is 448 g/mol. The van der Waals surface area contributed by atoms with E-state index in [0.717, 1.165) is 17.8 Å². The van der Waals surface area contributed by atoms with Gasteiger partial charge in [-0.1, -0.05) is 43.8 Å². The summed E-state index contributed by atoms with van der Waals surface area (Å²) in [7, 11) is 0. The second-order valence-electron chi connectivity index (χ2n) is 7.17. The lowest BCUT2D eigenvalue weighted by molar-refractivity contribution is -0.137. The van der Waals surface area contributed by atoms with Crippen molar-refractivity contribution < 1.29 is 27.4 Å². The van der Waals surface area contributed by atoms with Crippen molar-refractivity contribution in [3.8, 4) is 23.1 Å². The number of fused-ring (bicyclic) bond motifs is 1. The Labute approximate surface area is 181 Å². The van der Waals surface area contributed by atoms with Gasteiger partial charge in [0, 0.05) is 17.9 Å². The van der Waals surface area contributed by atoms with Crippen molar-refractivity contribution in [2.75, 3.05) is 6.79 Å². The number of thioether (sulfide) groups is 1. The molecule has 5 nitrogen and oxygen atoms in total. The third kappa shape index (κ3) is 5.22. The number of rotatable bonds is 6. The quantitative estimate of drug-likeness (QED) is 0.320. The molecule has 0 fully saturated rings. The Morgan fingerprint density at radius 3 is 2.61 bits per heavy atom. The molecule has 0 saturated heterocycles. The lowest BCUT2D eigenvalue weighted by Gasteiger charge is -2.12. The van der Waals surface area contributed by atoms with Crippen molar-refractivity contribution in [3.05, 3.63) is 65.4 Å². The molecule has 0 amide bonds. The van der Waals surface area contributed by atoms with Crippen LogP contribution in [0.4, 0.5) is 13.2 Å². The zero-order chi connectivity index (χ0) is 22.0. The van der Waals surface area contributed by atoms with Crippen molar-refractivity contribution in [2.45, 2.75) is 36.9 Å². The molecule has 0 atom stereocenters. The normalized spacial score (nSPS) is 13.0. The van der Waals surface area contributed by atoms with Crippen LogP contribution in [-0.2, 0) is 11.9 Å². The van der Waals surface area contributed by atoms with Gasteiger partial charge in [0.2, 0.25) is 12.7 Å². The first-order valence-corrected chi connectivity index (χ1v) is 10.5. The molecule has 1 aromatic heterocycles. The van der Waals surface area contributed by atoms with Gasteiger partial charge in [0.25, 0.3) is 0 Å². The Balaban J connectivity index is 1.53. The molecule has 0 N–H and O–H groups in total. The van der Waals surface area contributed by atoms with Gasteiger partial charge in [0.05, 0.1) is 11.3 Å². The summed E-state index contributed by atoms with van der Waals surface area (Å²) < 4.78 is 55.4. The molecule has 31 heavy (non-hydrogen) atoms. The summed E-state index contributed by atoms with van der Waals surface area (Å²) in [4.78, 5) is 8.95. The molecule has 2 heterocycles. The number of aromatic nitrogens is 2. The molecule has 1 aliphatic rings. The Hall–Kier alpha value is -2.94. The van der Waals surface area contributed by atoms with Crippen LogP contribution in [0.3, 0.4) is 0 Å². The van der Waals surface area contributed by atoms with Crippen LogP contribution in [0.1, 0.15) is 36.6 Å². The number of alkyl halides is 3. The van der Waals surface area contributed by atoms with Crippen molar-refractivity contribution in [2.24, 2.45) is 0 Å². The van der Waals surface area contributed by atoms with Gasteiger partial charge in [-0.2, -0.15) is 18.2 Å². The van der Waals surface area contributed by atoms with Crippen LogP contribution in [-0.4, -0.2) is 16.8 Å². The highest BCUT2D eigenvalue weighted by atomic mass is 32.2. The second-order valence-corrected chi connectivity index (χ2v) is 8.11. The summed E-state index contributed by atoms with van der Waals surface area (Å²) >= 11 is 1.25. The number of benzene rings is 2. The Morgan fingerprint density at radius 1 is 1.03 bits per heavy atom. The van der Waals surface area contributed by atoms with Crippen LogP contribution in [0, 0.1) is 0 Å². The van der Waals surface area contributed by atoms with Gasteiger partial charge < -0.3 is 14.2 Å². The number of hydrogen-bond donors (Lipinski definition) is 0. The van der Waals surface area contributed by atoms with Gasteiger partial charge in [-0.3, -0.25) is 0 Å². The van der Waals surface area contributed by atoms with Gasteiger partial charge in [-0.05, 0) is 29.7 Å². The highest BCUT2D eigenvalue weighted by molar-refractivity contribution is 7.98. The van der Waals surface area contributed by atoms with Crippen LogP contribution in [0.5, 0.6) is 23.1 Å². The van der Waals surface area contributed by atoms with Crippen molar-refractivity contribution >= 4 is 11.8 Å². The van der Waals surface area contributed by atoms with Crippen molar-refractivity contribution in [1.29, 1.82) is 0 Å². The van der Waals surface area contributed by atoms with Crippen LogP contribution in [0.25, 0.3) is 0 Å². The summed E-state index contributed by atoms with van der Waals surface area (Å²) in [6.07, 6.45) is -4.37. The van der Waals surface area contributed by atoms with E-state index in [1.165, 1.54) is 17.8 Å². The molecule has 0 unspecified atom stereocenters. The highest BCUT2D eigenvalue weighted by Crippen LogP contribution is 2.37. The Bertz CT molecular complexity index is 1090. The summed E-state index contributed by atoms with van der Waals surface area (Å²) in [5.74, 6) is 2.55. The summed E-state index contributed by atoms with van der Waals surface area (Å²) in [6.45, 7) is 4.15. The summed E-state index contributed by atoms with van der Waals surface area (Å²) in [5.41, 5.74) is 0.642. The maximum atomic E-state index is 13.0. The number of halogens is 3. The molecule has 3 aromatic rings. The topological polar surface area (TPSA) is 53.5 Å². The van der Waals surface area contributed by atoms with E-state index in [2.05, 4.69) is 9.97 Å². The number of ether oxygens (including phenoxy) is 3. The first-order chi connectivity index (χ1) is 14.8. The Kier molecular flexibility index (Phi) is 5.95. The first-order valence-electron chi connectivity index (χ1n) is 9.53. The molecular formula is C22H19F3N2O3S. The molecule has 2 aromatic carbocycles. The van der Waals surface area contributed by atoms with Gasteiger partial charge in [-0.25, -0.2) is 4.98 Å². The molecule has 0 aliphatic carbocycles. The Morgan fingerprint density at radius 2 is 1.84 bits per heavy atom. The number of nitrogens with zero attached hydrogens (tertiary/aromatic N) is 2. The molecular weight excluding hydrogens is 429 g/mol. The lowest BCUT2D eigenvalue weighted by atomic mass is 10.1. The predicted octanol–water partition coefficient (Wildman–Crippen LogP) is 6.43. The molecule has 0 saturated carbocycles. The fourth-order valence-electron chi connectivity index (χ4n) is 2.88. The minimum atomic E-state index is -4.37. The number of hydrogen-bond acceptors (Lipinski definition) is 6. The van der Waals surface area contributed by atoms with Gasteiger partial charge in [0.15, 0.2) is 16.7 Å². The van der Waals surface area contributed by atoms with E-state index in [1.54, 1.807) is 30.3 Å². The van der Waals surface area contributed by atoms with Gasteiger partial charge in [0.1, 0.15) is 5.75 Å². The molecule has 4 rings (SSSR count). The van der Waals surface area contributed by atoms with E-state index in [9.17, 15) is 13.2 Å². The third-order valence-corrected chi connectivity index (χ3v) is 5.40. The largest absolute Gasteiger partial charge is 0.454 e.